The van der Waals surface area contributed by atoms with Crippen LogP contribution >= 0.6 is 0 Å². The Morgan fingerprint density at radius 2 is 1.69 bits per heavy atom. The van der Waals surface area contributed by atoms with Gasteiger partial charge in [0.05, 0.1) is 0 Å². The highest BCUT2D eigenvalue weighted by Crippen LogP contribution is 2.58. The molecule has 1 atom stereocenters. The molecule has 4 rings (SSSR count). The number of hydrogen-bond acceptors (Lipinski definition) is 3. The van der Waals surface area contributed by atoms with Crippen LogP contribution in [0.2, 0.25) is 0 Å². The third kappa shape index (κ3) is 3.43. The molecule has 1 spiro atoms. The van der Waals surface area contributed by atoms with Crippen LogP contribution in [0.4, 0.5) is 4.39 Å². The molecule has 0 unspecified atom stereocenters. The van der Waals surface area contributed by atoms with E-state index in [2.05, 4.69) is 0 Å². The Morgan fingerprint density at radius 1 is 1.07 bits per heavy atom. The van der Waals surface area contributed by atoms with E-state index in [0.717, 1.165) is 18.4 Å². The quantitative estimate of drug-likeness (QED) is 0.570. The van der Waals surface area contributed by atoms with Crippen molar-refractivity contribution in [3.63, 3.8) is 0 Å². The number of likely N-dealkylation sites (tertiary alicyclic amines) is 1. The third-order valence-electron chi connectivity index (χ3n) is 5.87. The molecule has 0 aromatic heterocycles. The number of ether oxygens (including phenoxy) is 1. The SMILES string of the molecule is CC(C)(C)OC(=O)[C@]1(c2ccc(F)cc2)CC2(CC2)N(Cc2ccccc2)C1=O. The molecule has 2 aliphatic rings. The maximum atomic E-state index is 13.8. The second kappa shape index (κ2) is 6.68. The van der Waals surface area contributed by atoms with Crippen LogP contribution in [0.25, 0.3) is 0 Å². The lowest BCUT2D eigenvalue weighted by Gasteiger charge is -2.30. The van der Waals surface area contributed by atoms with Crippen molar-refractivity contribution < 1.29 is 18.7 Å². The molecule has 2 fully saturated rings. The number of nitrogens with zero attached hydrogens (tertiary/aromatic N) is 1. The van der Waals surface area contributed by atoms with E-state index in [1.807, 2.05) is 35.2 Å². The smallest absolute Gasteiger partial charge is 0.326 e. The van der Waals surface area contributed by atoms with E-state index < -0.39 is 22.8 Å². The number of benzene rings is 2. The summed E-state index contributed by atoms with van der Waals surface area (Å²) in [5.74, 6) is -1.20. The van der Waals surface area contributed by atoms with Gasteiger partial charge in [0.1, 0.15) is 11.4 Å². The van der Waals surface area contributed by atoms with Crippen LogP contribution in [0.5, 0.6) is 0 Å². The maximum Gasteiger partial charge on any atom is 0.326 e. The number of rotatable bonds is 4. The molecule has 0 radical (unpaired) electrons. The Bertz CT molecular complexity index is 929. The number of carbonyl (C=O) groups is 2. The fourth-order valence-corrected chi connectivity index (χ4v) is 4.31. The Labute approximate surface area is 170 Å². The van der Waals surface area contributed by atoms with Gasteiger partial charge in [-0.25, -0.2) is 4.39 Å². The number of carbonyl (C=O) groups excluding carboxylic acids is 2. The Morgan fingerprint density at radius 3 is 2.24 bits per heavy atom. The number of amides is 1. The monoisotopic (exact) mass is 395 g/mol. The van der Waals surface area contributed by atoms with Crippen molar-refractivity contribution in [2.45, 2.75) is 63.1 Å². The summed E-state index contributed by atoms with van der Waals surface area (Å²) in [5.41, 5.74) is -0.982. The Balaban J connectivity index is 1.78. The van der Waals surface area contributed by atoms with Crippen LogP contribution in [0.1, 0.15) is 51.2 Å². The lowest BCUT2D eigenvalue weighted by atomic mass is 9.77. The summed E-state index contributed by atoms with van der Waals surface area (Å²) in [7, 11) is 0. The summed E-state index contributed by atoms with van der Waals surface area (Å²) in [6, 6.07) is 15.5. The molecular formula is C24H26FNO3. The molecular weight excluding hydrogens is 369 g/mol. The molecule has 0 bridgehead atoms. The van der Waals surface area contributed by atoms with Gasteiger partial charge in [-0.3, -0.25) is 9.59 Å². The lowest BCUT2D eigenvalue weighted by molar-refractivity contribution is -0.165. The maximum absolute atomic E-state index is 13.8. The molecule has 1 amide bonds. The third-order valence-corrected chi connectivity index (χ3v) is 5.87. The van der Waals surface area contributed by atoms with E-state index in [9.17, 15) is 14.0 Å². The largest absolute Gasteiger partial charge is 0.459 e. The van der Waals surface area contributed by atoms with Crippen LogP contribution in [-0.4, -0.2) is 27.9 Å². The predicted octanol–water partition coefficient (Wildman–Crippen LogP) is 4.37. The molecule has 1 saturated heterocycles. The van der Waals surface area contributed by atoms with E-state index in [1.54, 1.807) is 32.9 Å². The van der Waals surface area contributed by atoms with Crippen LogP contribution in [0.15, 0.2) is 54.6 Å². The van der Waals surface area contributed by atoms with E-state index in [-0.39, 0.29) is 11.4 Å². The highest BCUT2D eigenvalue weighted by atomic mass is 19.1. The molecule has 29 heavy (non-hydrogen) atoms. The lowest BCUT2D eigenvalue weighted by Crippen LogP contribution is -2.47. The average molecular weight is 395 g/mol. The summed E-state index contributed by atoms with van der Waals surface area (Å²) >= 11 is 0. The van der Waals surface area contributed by atoms with Gasteiger partial charge in [0.25, 0.3) is 0 Å². The summed E-state index contributed by atoms with van der Waals surface area (Å²) < 4.78 is 19.3. The first-order valence-corrected chi connectivity index (χ1v) is 10.0. The standard InChI is InChI=1S/C24H26FNO3/c1-22(2,3)29-21(28)24(18-9-11-19(25)12-10-18)16-23(13-14-23)26(20(24)27)15-17-7-5-4-6-8-17/h4-12H,13-16H2,1-3H3/t24-/m0/s1. The Hall–Kier alpha value is -2.69. The van der Waals surface area contributed by atoms with Gasteiger partial charge in [-0.2, -0.15) is 0 Å². The minimum atomic E-state index is -1.44. The van der Waals surface area contributed by atoms with Gasteiger partial charge in [0.2, 0.25) is 5.91 Å². The highest BCUT2D eigenvalue weighted by molar-refractivity contribution is 6.11. The predicted molar refractivity (Wildman–Crippen MR) is 107 cm³/mol. The highest BCUT2D eigenvalue weighted by Gasteiger charge is 2.69. The van der Waals surface area contributed by atoms with Gasteiger partial charge in [0.15, 0.2) is 5.41 Å². The minimum absolute atomic E-state index is 0.250. The van der Waals surface area contributed by atoms with Crippen molar-refractivity contribution in [2.24, 2.45) is 0 Å². The van der Waals surface area contributed by atoms with E-state index in [4.69, 9.17) is 4.74 Å². The zero-order valence-corrected chi connectivity index (χ0v) is 17.1. The van der Waals surface area contributed by atoms with Crippen molar-refractivity contribution in [3.8, 4) is 0 Å². The van der Waals surface area contributed by atoms with Crippen molar-refractivity contribution in [3.05, 3.63) is 71.5 Å². The van der Waals surface area contributed by atoms with Gasteiger partial charge in [-0.1, -0.05) is 42.5 Å². The second-order valence-corrected chi connectivity index (χ2v) is 9.19. The number of halogens is 1. The molecule has 5 heteroatoms. The molecule has 2 aromatic rings. The van der Waals surface area contributed by atoms with Crippen molar-refractivity contribution in [2.75, 3.05) is 0 Å². The fraction of sp³-hybridized carbons (Fsp3) is 0.417. The van der Waals surface area contributed by atoms with Gasteiger partial charge in [-0.05, 0) is 63.3 Å². The topological polar surface area (TPSA) is 46.6 Å². The molecule has 2 aromatic carbocycles. The van der Waals surface area contributed by atoms with Crippen molar-refractivity contribution in [1.82, 2.24) is 4.90 Å². The van der Waals surface area contributed by atoms with Crippen molar-refractivity contribution >= 4 is 11.9 Å². The minimum Gasteiger partial charge on any atom is -0.459 e. The van der Waals surface area contributed by atoms with E-state index in [0.29, 0.717) is 18.5 Å². The van der Waals surface area contributed by atoms with Crippen LogP contribution in [-0.2, 0) is 26.3 Å². The molecule has 1 aliphatic carbocycles. The summed E-state index contributed by atoms with van der Waals surface area (Å²) in [6.07, 6.45) is 2.08. The van der Waals surface area contributed by atoms with E-state index in [1.165, 1.54) is 12.1 Å². The average Bonchev–Trinajstić information content (AvgIpc) is 3.39. The number of esters is 1. The number of hydrogen-bond donors (Lipinski definition) is 0. The molecule has 0 N–H and O–H groups in total. The molecule has 1 heterocycles. The zero-order chi connectivity index (χ0) is 20.9. The summed E-state index contributed by atoms with van der Waals surface area (Å²) in [5, 5.41) is 0. The molecule has 152 valence electrons. The first-order valence-electron chi connectivity index (χ1n) is 10.0. The van der Waals surface area contributed by atoms with Gasteiger partial charge < -0.3 is 9.64 Å². The van der Waals surface area contributed by atoms with Crippen LogP contribution in [0, 0.1) is 5.82 Å². The van der Waals surface area contributed by atoms with Gasteiger partial charge >= 0.3 is 5.97 Å². The van der Waals surface area contributed by atoms with Crippen LogP contribution in [0.3, 0.4) is 0 Å². The first kappa shape index (κ1) is 19.6. The summed E-state index contributed by atoms with van der Waals surface area (Å²) in [4.78, 5) is 29.1. The van der Waals surface area contributed by atoms with Crippen molar-refractivity contribution in [1.29, 1.82) is 0 Å². The normalized spacial score (nSPS) is 22.8. The van der Waals surface area contributed by atoms with E-state index >= 15 is 0 Å². The molecule has 1 saturated carbocycles. The van der Waals surface area contributed by atoms with Crippen LogP contribution < -0.4 is 0 Å². The van der Waals surface area contributed by atoms with Gasteiger partial charge in [-0.15, -0.1) is 0 Å². The first-order chi connectivity index (χ1) is 13.7. The van der Waals surface area contributed by atoms with Gasteiger partial charge in [0, 0.05) is 12.1 Å². The molecule has 4 nitrogen and oxygen atoms in total. The summed E-state index contributed by atoms with van der Waals surface area (Å²) in [6.45, 7) is 5.82. The molecule has 1 aliphatic heterocycles. The Kier molecular flexibility index (Phi) is 4.52. The second-order valence-electron chi connectivity index (χ2n) is 9.19. The fourth-order valence-electron chi connectivity index (χ4n) is 4.31. The zero-order valence-electron chi connectivity index (χ0n) is 17.1.